The SMILES string of the molecule is Cc1cn(C2CCOC2)c2cc(C3CCN(C(=O)OC(C)(C)C)C3=O)ccc12. The second-order valence-corrected chi connectivity index (χ2v) is 8.82. The molecule has 6 heteroatoms. The van der Waals surface area contributed by atoms with Crippen molar-refractivity contribution in [1.29, 1.82) is 0 Å². The maximum absolute atomic E-state index is 12.9. The van der Waals surface area contributed by atoms with Crippen molar-refractivity contribution in [1.82, 2.24) is 9.47 Å². The fourth-order valence-electron chi connectivity index (χ4n) is 4.19. The van der Waals surface area contributed by atoms with Crippen molar-refractivity contribution < 1.29 is 19.1 Å². The minimum atomic E-state index is -0.615. The van der Waals surface area contributed by atoms with Crippen molar-refractivity contribution in [3.05, 3.63) is 35.5 Å². The van der Waals surface area contributed by atoms with Gasteiger partial charge in [0.15, 0.2) is 0 Å². The first-order chi connectivity index (χ1) is 13.2. The van der Waals surface area contributed by atoms with Crippen LogP contribution in [0, 0.1) is 6.92 Å². The van der Waals surface area contributed by atoms with E-state index in [1.54, 1.807) is 20.8 Å². The highest BCUT2D eigenvalue weighted by atomic mass is 16.6. The Balaban J connectivity index is 1.62. The van der Waals surface area contributed by atoms with Crippen LogP contribution in [0.4, 0.5) is 4.79 Å². The molecule has 0 spiro atoms. The average molecular weight is 384 g/mol. The Kier molecular flexibility index (Phi) is 4.70. The monoisotopic (exact) mass is 384 g/mol. The third kappa shape index (κ3) is 3.41. The molecule has 3 heterocycles. The Morgan fingerprint density at radius 3 is 2.71 bits per heavy atom. The van der Waals surface area contributed by atoms with Crippen LogP contribution in [0.25, 0.3) is 10.9 Å². The van der Waals surface area contributed by atoms with E-state index in [2.05, 4.69) is 29.8 Å². The van der Waals surface area contributed by atoms with Crippen LogP contribution in [0.5, 0.6) is 0 Å². The van der Waals surface area contributed by atoms with Crippen LogP contribution in [0.15, 0.2) is 24.4 Å². The van der Waals surface area contributed by atoms with Gasteiger partial charge >= 0.3 is 6.09 Å². The number of ether oxygens (including phenoxy) is 2. The lowest BCUT2D eigenvalue weighted by molar-refractivity contribution is -0.128. The summed E-state index contributed by atoms with van der Waals surface area (Å²) in [4.78, 5) is 26.5. The number of carbonyl (C=O) groups is 2. The van der Waals surface area contributed by atoms with E-state index in [1.165, 1.54) is 15.8 Å². The molecule has 2 atom stereocenters. The molecule has 2 aromatic rings. The molecule has 0 N–H and O–H groups in total. The van der Waals surface area contributed by atoms with Crippen LogP contribution in [-0.4, -0.2) is 46.8 Å². The summed E-state index contributed by atoms with van der Waals surface area (Å²) >= 11 is 0. The summed E-state index contributed by atoms with van der Waals surface area (Å²) in [5.41, 5.74) is 2.70. The fraction of sp³-hybridized carbons (Fsp3) is 0.545. The predicted molar refractivity (Wildman–Crippen MR) is 106 cm³/mol. The Hall–Kier alpha value is -2.34. The van der Waals surface area contributed by atoms with Gasteiger partial charge in [-0.1, -0.05) is 12.1 Å². The lowest BCUT2D eigenvalue weighted by Gasteiger charge is -2.23. The summed E-state index contributed by atoms with van der Waals surface area (Å²) < 4.78 is 13.2. The number of hydrogen-bond acceptors (Lipinski definition) is 4. The van der Waals surface area contributed by atoms with E-state index in [0.29, 0.717) is 19.0 Å². The van der Waals surface area contributed by atoms with Crippen LogP contribution < -0.4 is 0 Å². The molecule has 28 heavy (non-hydrogen) atoms. The van der Waals surface area contributed by atoms with E-state index in [0.717, 1.165) is 30.7 Å². The first-order valence-electron chi connectivity index (χ1n) is 9.98. The molecule has 0 radical (unpaired) electrons. The fourth-order valence-corrected chi connectivity index (χ4v) is 4.19. The Bertz CT molecular complexity index is 918. The van der Waals surface area contributed by atoms with E-state index in [9.17, 15) is 9.59 Å². The summed E-state index contributed by atoms with van der Waals surface area (Å²) in [6.07, 6.45) is 3.25. The molecule has 150 valence electrons. The molecular formula is C22H28N2O4. The normalized spacial score (nSPS) is 23.0. The number of amides is 2. The molecule has 2 amide bonds. The zero-order valence-corrected chi connectivity index (χ0v) is 17.0. The standard InChI is InChI=1S/C22H28N2O4/c1-14-12-24(16-8-10-27-13-16)19-11-15(5-6-17(14)19)18-7-9-23(20(18)25)21(26)28-22(2,3)4/h5-6,11-12,16,18H,7-10,13H2,1-4H3. The summed E-state index contributed by atoms with van der Waals surface area (Å²) in [7, 11) is 0. The lowest BCUT2D eigenvalue weighted by atomic mass is 9.96. The van der Waals surface area contributed by atoms with Crippen LogP contribution in [0.1, 0.15) is 56.7 Å². The number of fused-ring (bicyclic) bond motifs is 1. The molecule has 2 aliphatic rings. The number of hydrogen-bond donors (Lipinski definition) is 0. The van der Waals surface area contributed by atoms with Crippen molar-refractivity contribution in [2.75, 3.05) is 19.8 Å². The molecule has 4 rings (SSSR count). The van der Waals surface area contributed by atoms with E-state index >= 15 is 0 Å². The maximum atomic E-state index is 12.9. The molecule has 6 nitrogen and oxygen atoms in total. The van der Waals surface area contributed by atoms with Gasteiger partial charge < -0.3 is 14.0 Å². The molecule has 2 saturated heterocycles. The molecule has 1 aromatic carbocycles. The number of likely N-dealkylation sites (tertiary alicyclic amines) is 1. The second kappa shape index (κ2) is 6.92. The molecule has 1 aromatic heterocycles. The van der Waals surface area contributed by atoms with Crippen LogP contribution in [-0.2, 0) is 14.3 Å². The minimum absolute atomic E-state index is 0.173. The quantitative estimate of drug-likeness (QED) is 0.780. The topological polar surface area (TPSA) is 60.8 Å². The third-order valence-electron chi connectivity index (χ3n) is 5.58. The molecule has 0 aliphatic carbocycles. The zero-order chi connectivity index (χ0) is 20.1. The lowest BCUT2D eigenvalue weighted by Crippen LogP contribution is -2.38. The number of rotatable bonds is 2. The average Bonchev–Trinajstić information content (AvgIpc) is 3.32. The number of aryl methyl sites for hydroxylation is 1. The third-order valence-corrected chi connectivity index (χ3v) is 5.58. The van der Waals surface area contributed by atoms with Gasteiger partial charge in [0, 0.05) is 30.3 Å². The van der Waals surface area contributed by atoms with Crippen molar-refractivity contribution in [3.8, 4) is 0 Å². The molecule has 2 fully saturated rings. The molecular weight excluding hydrogens is 356 g/mol. The Morgan fingerprint density at radius 1 is 1.25 bits per heavy atom. The Labute approximate surface area is 165 Å². The van der Waals surface area contributed by atoms with Crippen LogP contribution >= 0.6 is 0 Å². The van der Waals surface area contributed by atoms with Gasteiger partial charge in [-0.2, -0.15) is 0 Å². The second-order valence-electron chi connectivity index (χ2n) is 8.82. The van der Waals surface area contributed by atoms with Gasteiger partial charge in [0.25, 0.3) is 0 Å². The highest BCUT2D eigenvalue weighted by Gasteiger charge is 2.38. The van der Waals surface area contributed by atoms with Crippen molar-refractivity contribution in [2.24, 2.45) is 0 Å². The summed E-state index contributed by atoms with van der Waals surface area (Å²) in [6, 6.07) is 6.56. The first kappa shape index (κ1) is 19.0. The molecule has 2 aliphatic heterocycles. The van der Waals surface area contributed by atoms with Gasteiger partial charge in [-0.3, -0.25) is 4.79 Å². The van der Waals surface area contributed by atoms with Gasteiger partial charge in [0.1, 0.15) is 5.60 Å². The summed E-state index contributed by atoms with van der Waals surface area (Å²) in [5.74, 6) is -0.479. The Morgan fingerprint density at radius 2 is 2.04 bits per heavy atom. The van der Waals surface area contributed by atoms with Gasteiger partial charge in [-0.05, 0) is 57.7 Å². The van der Waals surface area contributed by atoms with Crippen LogP contribution in [0.3, 0.4) is 0 Å². The molecule has 2 unspecified atom stereocenters. The summed E-state index contributed by atoms with van der Waals surface area (Å²) in [6.45, 7) is 9.43. The van der Waals surface area contributed by atoms with Crippen molar-refractivity contribution in [2.45, 2.75) is 58.1 Å². The smallest absolute Gasteiger partial charge is 0.417 e. The predicted octanol–water partition coefficient (Wildman–Crippen LogP) is 4.16. The molecule has 0 saturated carbocycles. The highest BCUT2D eigenvalue weighted by molar-refractivity contribution is 5.98. The maximum Gasteiger partial charge on any atom is 0.417 e. The van der Waals surface area contributed by atoms with E-state index in [-0.39, 0.29) is 11.8 Å². The van der Waals surface area contributed by atoms with Gasteiger partial charge in [0.05, 0.1) is 18.6 Å². The molecule has 0 bridgehead atoms. The van der Waals surface area contributed by atoms with Gasteiger partial charge in [-0.15, -0.1) is 0 Å². The van der Waals surface area contributed by atoms with Gasteiger partial charge in [-0.25, -0.2) is 9.69 Å². The number of nitrogens with zero attached hydrogens (tertiary/aromatic N) is 2. The number of benzene rings is 1. The number of carbonyl (C=O) groups excluding carboxylic acids is 2. The highest BCUT2D eigenvalue weighted by Crippen LogP contribution is 2.34. The van der Waals surface area contributed by atoms with Gasteiger partial charge in [0.2, 0.25) is 5.91 Å². The van der Waals surface area contributed by atoms with E-state index in [1.807, 2.05) is 6.07 Å². The largest absolute Gasteiger partial charge is 0.443 e. The van der Waals surface area contributed by atoms with E-state index in [4.69, 9.17) is 9.47 Å². The van der Waals surface area contributed by atoms with Crippen molar-refractivity contribution >= 4 is 22.9 Å². The van der Waals surface area contributed by atoms with Crippen LogP contribution in [0.2, 0.25) is 0 Å². The summed E-state index contributed by atoms with van der Waals surface area (Å²) in [5, 5.41) is 1.20. The minimum Gasteiger partial charge on any atom is -0.443 e. The van der Waals surface area contributed by atoms with Crippen molar-refractivity contribution in [3.63, 3.8) is 0 Å². The zero-order valence-electron chi connectivity index (χ0n) is 17.0. The van der Waals surface area contributed by atoms with E-state index < -0.39 is 11.7 Å². The number of imide groups is 1. The first-order valence-corrected chi connectivity index (χ1v) is 9.98. The number of aromatic nitrogens is 1.